The summed E-state index contributed by atoms with van der Waals surface area (Å²) in [7, 11) is 0. The zero-order valence-electron chi connectivity index (χ0n) is 22.2. The summed E-state index contributed by atoms with van der Waals surface area (Å²) in [6.07, 6.45) is 3.19. The van der Waals surface area contributed by atoms with E-state index in [1.54, 1.807) is 0 Å². The quantitative estimate of drug-likeness (QED) is 0.206. The number of hydrogen-bond donors (Lipinski definition) is 2. The van der Waals surface area contributed by atoms with Crippen molar-refractivity contribution in [3.63, 3.8) is 0 Å². The lowest BCUT2D eigenvalue weighted by atomic mass is 10.1. The number of carbonyl (C=O) groups is 1. The highest BCUT2D eigenvalue weighted by Crippen LogP contribution is 2.23. The van der Waals surface area contributed by atoms with Crippen molar-refractivity contribution in [3.05, 3.63) is 75.8 Å². The summed E-state index contributed by atoms with van der Waals surface area (Å²) in [5.74, 6) is -0.141. The summed E-state index contributed by atoms with van der Waals surface area (Å²) >= 11 is 1.49. The van der Waals surface area contributed by atoms with Crippen LogP contribution in [0.1, 0.15) is 51.3 Å². The Balaban J connectivity index is 1.17. The predicted molar refractivity (Wildman–Crippen MR) is 151 cm³/mol. The van der Waals surface area contributed by atoms with E-state index in [2.05, 4.69) is 27.8 Å². The van der Waals surface area contributed by atoms with Gasteiger partial charge in [-0.2, -0.15) is 0 Å². The molecule has 1 amide bonds. The topological polar surface area (TPSA) is 81.7 Å². The molecule has 200 valence electrons. The molecule has 8 heteroatoms. The maximum absolute atomic E-state index is 12.6. The Morgan fingerprint density at radius 1 is 0.865 bits per heavy atom. The van der Waals surface area contributed by atoms with E-state index in [9.17, 15) is 4.79 Å². The van der Waals surface area contributed by atoms with E-state index in [1.807, 2.05) is 57.2 Å². The van der Waals surface area contributed by atoms with Gasteiger partial charge in [0, 0.05) is 35.9 Å². The number of aromatic nitrogens is 1. The Bertz CT molecular complexity index is 1070. The maximum Gasteiger partial charge on any atom is 0.257 e. The molecular formula is C29H39N3O4S. The van der Waals surface area contributed by atoms with Gasteiger partial charge < -0.3 is 19.5 Å². The molecule has 0 saturated carbocycles. The minimum Gasteiger partial charge on any atom is -0.383 e. The molecule has 1 aromatic heterocycles. The number of anilines is 2. The van der Waals surface area contributed by atoms with Gasteiger partial charge in [-0.25, -0.2) is 4.98 Å². The van der Waals surface area contributed by atoms with Crippen molar-refractivity contribution in [2.75, 3.05) is 50.2 Å². The molecule has 3 rings (SSSR count). The lowest BCUT2D eigenvalue weighted by molar-refractivity contribution is 0.0488. The molecule has 1 heterocycles. The minimum atomic E-state index is -0.141. The minimum absolute atomic E-state index is 0.141. The van der Waals surface area contributed by atoms with Crippen molar-refractivity contribution in [2.24, 2.45) is 0 Å². The van der Waals surface area contributed by atoms with E-state index >= 15 is 0 Å². The van der Waals surface area contributed by atoms with Crippen molar-refractivity contribution >= 4 is 28.1 Å². The molecule has 0 aliphatic carbocycles. The third-order valence-electron chi connectivity index (χ3n) is 5.86. The first kappa shape index (κ1) is 28.8. The first-order valence-electron chi connectivity index (χ1n) is 12.9. The zero-order chi connectivity index (χ0) is 26.3. The highest BCUT2D eigenvalue weighted by Gasteiger charge is 2.12. The molecule has 0 bridgehead atoms. The molecule has 0 spiro atoms. The number of hydrogen-bond acceptors (Lipinski definition) is 7. The Morgan fingerprint density at radius 2 is 1.59 bits per heavy atom. The Hall–Kier alpha value is -2.78. The number of nitrogens with zero attached hydrogens (tertiary/aromatic N) is 1. The van der Waals surface area contributed by atoms with E-state index in [1.165, 1.54) is 16.9 Å². The molecule has 0 fully saturated rings. The fourth-order valence-corrected chi connectivity index (χ4v) is 4.47. The monoisotopic (exact) mass is 525 g/mol. The molecule has 0 radical (unpaired) electrons. The molecular weight excluding hydrogens is 486 g/mol. The van der Waals surface area contributed by atoms with Crippen LogP contribution in [-0.2, 0) is 20.8 Å². The second-order valence-electron chi connectivity index (χ2n) is 8.89. The molecule has 0 saturated heterocycles. The van der Waals surface area contributed by atoms with E-state index in [-0.39, 0.29) is 5.91 Å². The van der Waals surface area contributed by atoms with Crippen LogP contribution in [0, 0.1) is 20.8 Å². The maximum atomic E-state index is 12.6. The first-order valence-corrected chi connectivity index (χ1v) is 13.7. The van der Waals surface area contributed by atoms with Crippen LogP contribution in [0.15, 0.2) is 48.5 Å². The Labute approximate surface area is 224 Å². The number of benzene rings is 2. The Kier molecular flexibility index (Phi) is 12.6. The lowest BCUT2D eigenvalue weighted by Gasteiger charge is -2.11. The van der Waals surface area contributed by atoms with Gasteiger partial charge in [0.05, 0.1) is 32.1 Å². The fraction of sp³-hybridized carbons (Fsp3) is 0.448. The van der Waals surface area contributed by atoms with E-state index < -0.39 is 0 Å². The normalized spacial score (nSPS) is 11.0. The van der Waals surface area contributed by atoms with Gasteiger partial charge in [-0.3, -0.25) is 10.1 Å². The number of rotatable bonds is 17. The van der Waals surface area contributed by atoms with Crippen LogP contribution < -0.4 is 10.6 Å². The summed E-state index contributed by atoms with van der Waals surface area (Å²) in [6.45, 7) is 10.5. The third kappa shape index (κ3) is 10.6. The van der Waals surface area contributed by atoms with Gasteiger partial charge in [-0.05, 0) is 69.4 Å². The molecule has 0 aliphatic rings. The highest BCUT2D eigenvalue weighted by atomic mass is 32.1. The molecule has 2 N–H and O–H groups in total. The summed E-state index contributed by atoms with van der Waals surface area (Å²) in [6, 6.07) is 16.0. The highest BCUT2D eigenvalue weighted by molar-refractivity contribution is 7.15. The number of ether oxygens (including phenoxy) is 3. The van der Waals surface area contributed by atoms with Gasteiger partial charge >= 0.3 is 0 Å². The van der Waals surface area contributed by atoms with Crippen molar-refractivity contribution in [1.82, 2.24) is 4.98 Å². The average Bonchev–Trinajstić information content (AvgIpc) is 3.20. The van der Waals surface area contributed by atoms with Crippen LogP contribution in [0.2, 0.25) is 0 Å². The van der Waals surface area contributed by atoms with E-state index in [0.717, 1.165) is 54.3 Å². The van der Waals surface area contributed by atoms with Crippen LogP contribution >= 0.6 is 11.3 Å². The number of aryl methyl sites for hydroxylation is 3. The number of nitrogens with one attached hydrogen (secondary N) is 2. The van der Waals surface area contributed by atoms with Crippen LogP contribution in [0.4, 0.5) is 10.8 Å². The van der Waals surface area contributed by atoms with Gasteiger partial charge in [0.1, 0.15) is 0 Å². The smallest absolute Gasteiger partial charge is 0.257 e. The van der Waals surface area contributed by atoms with Gasteiger partial charge in [0.15, 0.2) is 5.13 Å². The summed E-state index contributed by atoms with van der Waals surface area (Å²) in [4.78, 5) is 18.1. The second kappa shape index (κ2) is 16.1. The second-order valence-corrected chi connectivity index (χ2v) is 10.1. The summed E-state index contributed by atoms with van der Waals surface area (Å²) in [5.41, 5.74) is 4.67. The van der Waals surface area contributed by atoms with Crippen molar-refractivity contribution in [3.8, 4) is 0 Å². The fourth-order valence-electron chi connectivity index (χ4n) is 3.66. The molecule has 37 heavy (non-hydrogen) atoms. The van der Waals surface area contributed by atoms with Gasteiger partial charge in [0.2, 0.25) is 0 Å². The first-order chi connectivity index (χ1) is 18.0. The largest absolute Gasteiger partial charge is 0.383 e. The SMILES string of the molecule is Cc1cc(NCCOCCOCCCCCOCc2ccccc2)ccc1C(=O)Nc1nc(C)c(C)s1. The summed E-state index contributed by atoms with van der Waals surface area (Å²) < 4.78 is 17.0. The molecule has 2 aromatic carbocycles. The van der Waals surface area contributed by atoms with Crippen molar-refractivity contribution < 1.29 is 19.0 Å². The summed E-state index contributed by atoms with van der Waals surface area (Å²) in [5, 5.41) is 6.86. The number of thiazole rings is 1. The van der Waals surface area contributed by atoms with Gasteiger partial charge in [0.25, 0.3) is 5.91 Å². The van der Waals surface area contributed by atoms with Gasteiger partial charge in [-0.15, -0.1) is 11.3 Å². The molecule has 3 aromatic rings. The third-order valence-corrected chi connectivity index (χ3v) is 6.84. The zero-order valence-corrected chi connectivity index (χ0v) is 23.0. The molecule has 0 aliphatic heterocycles. The van der Waals surface area contributed by atoms with Crippen LogP contribution in [0.25, 0.3) is 0 Å². The lowest BCUT2D eigenvalue weighted by Crippen LogP contribution is -2.15. The standard InChI is InChI=1S/C29H39N3O4S/c1-22-20-26(12-13-27(22)28(33)32-29-31-23(2)24(3)37-29)30-14-17-35-19-18-34-15-8-5-9-16-36-21-25-10-6-4-7-11-25/h4,6-7,10-13,20,30H,5,8-9,14-19,21H2,1-3H3,(H,31,32,33). The van der Waals surface area contributed by atoms with Crippen molar-refractivity contribution in [1.29, 1.82) is 0 Å². The predicted octanol–water partition coefficient (Wildman–Crippen LogP) is 6.15. The molecule has 7 nitrogen and oxygen atoms in total. The van der Waals surface area contributed by atoms with Gasteiger partial charge in [-0.1, -0.05) is 30.3 Å². The molecule has 0 atom stereocenters. The number of carbonyl (C=O) groups excluding carboxylic acids is 1. The average molecular weight is 526 g/mol. The van der Waals surface area contributed by atoms with Crippen LogP contribution in [-0.4, -0.2) is 50.5 Å². The van der Waals surface area contributed by atoms with Crippen molar-refractivity contribution in [2.45, 2.75) is 46.6 Å². The number of amides is 1. The number of unbranched alkanes of at least 4 members (excludes halogenated alkanes) is 2. The molecule has 0 unspecified atom stereocenters. The van der Waals surface area contributed by atoms with E-state index in [0.29, 0.717) is 43.7 Å². The van der Waals surface area contributed by atoms with Crippen LogP contribution in [0.5, 0.6) is 0 Å². The Morgan fingerprint density at radius 3 is 2.30 bits per heavy atom. The van der Waals surface area contributed by atoms with Crippen LogP contribution in [0.3, 0.4) is 0 Å². The van der Waals surface area contributed by atoms with E-state index in [4.69, 9.17) is 14.2 Å².